The van der Waals surface area contributed by atoms with Crippen LogP contribution >= 0.6 is 0 Å². The molecule has 2 aromatic heterocycles. The monoisotopic (exact) mass is 303 g/mol. The molecule has 0 aromatic carbocycles. The molecule has 1 aliphatic rings. The summed E-state index contributed by atoms with van der Waals surface area (Å²) in [4.78, 5) is 21.2. The van der Waals surface area contributed by atoms with E-state index in [-0.39, 0.29) is 17.7 Å². The van der Waals surface area contributed by atoms with Gasteiger partial charge in [-0.2, -0.15) is 0 Å². The number of furan rings is 1. The van der Waals surface area contributed by atoms with Crippen molar-refractivity contribution in [2.45, 2.75) is 32.9 Å². The van der Waals surface area contributed by atoms with Crippen molar-refractivity contribution in [2.24, 2.45) is 0 Å². The number of nitrogens with one attached hydrogen (secondary N) is 1. The Bertz CT molecular complexity index is 707. The number of nitrogens with zero attached hydrogens (tertiary/aromatic N) is 2. The van der Waals surface area contributed by atoms with E-state index >= 15 is 0 Å². The van der Waals surface area contributed by atoms with Crippen LogP contribution in [0.4, 0.5) is 0 Å². The summed E-state index contributed by atoms with van der Waals surface area (Å²) in [5.41, 5.74) is 0.623. The Morgan fingerprint density at radius 3 is 2.91 bits per heavy atom. The van der Waals surface area contributed by atoms with Crippen molar-refractivity contribution >= 4 is 0 Å². The van der Waals surface area contributed by atoms with E-state index in [0.29, 0.717) is 19.0 Å². The van der Waals surface area contributed by atoms with Crippen LogP contribution in [0.2, 0.25) is 0 Å². The summed E-state index contributed by atoms with van der Waals surface area (Å²) in [6.07, 6.45) is -0.0820. The Morgan fingerprint density at radius 1 is 1.41 bits per heavy atom. The molecular formula is C16H21N3O3. The fourth-order valence-corrected chi connectivity index (χ4v) is 2.79. The molecule has 6 heteroatoms. The van der Waals surface area contributed by atoms with Crippen molar-refractivity contribution in [3.8, 4) is 0 Å². The Kier molecular flexibility index (Phi) is 4.13. The second kappa shape index (κ2) is 6.06. The Hall–Kier alpha value is -1.92. The number of ether oxygens (including phenoxy) is 1. The fraction of sp³-hybridized carbons (Fsp3) is 0.500. The molecule has 2 aromatic rings. The van der Waals surface area contributed by atoms with E-state index in [0.717, 1.165) is 23.8 Å². The molecule has 1 aliphatic heterocycles. The lowest BCUT2D eigenvalue weighted by molar-refractivity contribution is -0.0535. The molecule has 1 N–H and O–H groups in total. The molecule has 0 bridgehead atoms. The van der Waals surface area contributed by atoms with Crippen LogP contribution in [-0.2, 0) is 4.74 Å². The van der Waals surface area contributed by atoms with Gasteiger partial charge >= 0.3 is 0 Å². The number of hydrogen-bond acceptors (Lipinski definition) is 5. The van der Waals surface area contributed by atoms with Gasteiger partial charge < -0.3 is 14.1 Å². The number of rotatable bonds is 3. The number of aryl methyl sites for hydroxylation is 2. The first-order valence-electron chi connectivity index (χ1n) is 7.53. The number of aromatic nitrogens is 2. The number of morpholine rings is 1. The van der Waals surface area contributed by atoms with Gasteiger partial charge in [-0.25, -0.2) is 4.98 Å². The van der Waals surface area contributed by atoms with Crippen molar-refractivity contribution < 1.29 is 9.15 Å². The molecule has 6 nitrogen and oxygen atoms in total. The Morgan fingerprint density at radius 2 is 2.23 bits per heavy atom. The van der Waals surface area contributed by atoms with Gasteiger partial charge in [-0.05, 0) is 32.9 Å². The first-order valence-corrected chi connectivity index (χ1v) is 7.53. The fourth-order valence-electron chi connectivity index (χ4n) is 2.79. The van der Waals surface area contributed by atoms with Crippen LogP contribution < -0.4 is 5.56 Å². The van der Waals surface area contributed by atoms with E-state index in [1.165, 1.54) is 6.07 Å². The van der Waals surface area contributed by atoms with Crippen molar-refractivity contribution in [1.82, 2.24) is 14.9 Å². The first kappa shape index (κ1) is 15.0. The van der Waals surface area contributed by atoms with Crippen molar-refractivity contribution in [2.75, 3.05) is 19.7 Å². The van der Waals surface area contributed by atoms with Gasteiger partial charge in [0.25, 0.3) is 5.56 Å². The van der Waals surface area contributed by atoms with Crippen molar-refractivity contribution in [3.63, 3.8) is 0 Å². The van der Waals surface area contributed by atoms with Crippen LogP contribution in [0.15, 0.2) is 27.4 Å². The van der Waals surface area contributed by atoms with Gasteiger partial charge in [0.1, 0.15) is 23.4 Å². The minimum Gasteiger partial charge on any atom is -0.464 e. The lowest BCUT2D eigenvalue weighted by Gasteiger charge is -2.35. The predicted molar refractivity (Wildman–Crippen MR) is 81.7 cm³/mol. The summed E-state index contributed by atoms with van der Waals surface area (Å²) in [6, 6.07) is 5.43. The van der Waals surface area contributed by atoms with Gasteiger partial charge in [0.2, 0.25) is 0 Å². The largest absolute Gasteiger partial charge is 0.464 e. The Labute approximate surface area is 129 Å². The predicted octanol–water partition coefficient (Wildman–Crippen LogP) is 2.11. The SMILES string of the molecule is Cc1cc(=O)[nH]c(C(C)N2CCOC(c3ccc(C)o3)C2)n1. The summed E-state index contributed by atoms with van der Waals surface area (Å²) >= 11 is 0. The van der Waals surface area contributed by atoms with Gasteiger partial charge in [0, 0.05) is 24.8 Å². The maximum absolute atomic E-state index is 11.6. The zero-order chi connectivity index (χ0) is 15.7. The molecule has 0 saturated carbocycles. The second-order valence-corrected chi connectivity index (χ2v) is 5.75. The smallest absolute Gasteiger partial charge is 0.251 e. The molecule has 1 saturated heterocycles. The topological polar surface area (TPSA) is 71.4 Å². The molecule has 3 heterocycles. The maximum atomic E-state index is 11.6. The molecule has 118 valence electrons. The van der Waals surface area contributed by atoms with E-state index < -0.39 is 0 Å². The van der Waals surface area contributed by atoms with Crippen molar-refractivity contribution in [3.05, 3.63) is 51.6 Å². The average molecular weight is 303 g/mol. The lowest BCUT2D eigenvalue weighted by atomic mass is 10.1. The molecule has 0 radical (unpaired) electrons. The molecule has 0 aliphatic carbocycles. The molecule has 2 atom stereocenters. The van der Waals surface area contributed by atoms with Crippen LogP contribution in [0, 0.1) is 13.8 Å². The van der Waals surface area contributed by atoms with Crippen molar-refractivity contribution in [1.29, 1.82) is 0 Å². The standard InChI is InChI=1S/C16H21N3O3/c1-10-8-15(20)18-16(17-10)12(3)19-6-7-21-14(9-19)13-5-4-11(2)22-13/h4-5,8,12,14H,6-7,9H2,1-3H3,(H,17,18,20). The van der Waals surface area contributed by atoms with E-state index in [1.54, 1.807) is 0 Å². The first-order chi connectivity index (χ1) is 10.5. The van der Waals surface area contributed by atoms with Crippen LogP contribution in [0.25, 0.3) is 0 Å². The van der Waals surface area contributed by atoms with E-state index in [4.69, 9.17) is 9.15 Å². The van der Waals surface area contributed by atoms with E-state index in [9.17, 15) is 4.79 Å². The summed E-state index contributed by atoms with van der Waals surface area (Å²) < 4.78 is 11.5. The van der Waals surface area contributed by atoms with E-state index in [1.807, 2.05) is 32.9 Å². The van der Waals surface area contributed by atoms with Gasteiger partial charge in [-0.1, -0.05) is 0 Å². The van der Waals surface area contributed by atoms with Gasteiger partial charge in [-0.3, -0.25) is 9.69 Å². The third-order valence-electron chi connectivity index (χ3n) is 4.01. The van der Waals surface area contributed by atoms with Gasteiger partial charge in [0.15, 0.2) is 0 Å². The number of H-pyrrole nitrogens is 1. The van der Waals surface area contributed by atoms with Crippen LogP contribution in [0.5, 0.6) is 0 Å². The zero-order valence-corrected chi connectivity index (χ0v) is 13.1. The number of aromatic amines is 1. The van der Waals surface area contributed by atoms with Gasteiger partial charge in [-0.15, -0.1) is 0 Å². The second-order valence-electron chi connectivity index (χ2n) is 5.75. The molecule has 0 amide bonds. The van der Waals surface area contributed by atoms with Crippen LogP contribution in [0.1, 0.15) is 42.1 Å². The minimum absolute atomic E-state index is 0.0232. The molecule has 0 spiro atoms. The molecule has 2 unspecified atom stereocenters. The zero-order valence-electron chi connectivity index (χ0n) is 13.1. The third-order valence-corrected chi connectivity index (χ3v) is 4.01. The highest BCUT2D eigenvalue weighted by Gasteiger charge is 2.28. The highest BCUT2D eigenvalue weighted by atomic mass is 16.5. The third kappa shape index (κ3) is 3.13. The summed E-state index contributed by atoms with van der Waals surface area (Å²) in [5, 5.41) is 0. The highest BCUT2D eigenvalue weighted by molar-refractivity contribution is 5.10. The minimum atomic E-state index is -0.110. The Balaban J connectivity index is 1.77. The molecular weight excluding hydrogens is 282 g/mol. The summed E-state index contributed by atoms with van der Waals surface area (Å²) in [5.74, 6) is 2.43. The lowest BCUT2D eigenvalue weighted by Crippen LogP contribution is -2.40. The molecule has 3 rings (SSSR count). The van der Waals surface area contributed by atoms with Gasteiger partial charge in [0.05, 0.1) is 12.6 Å². The highest BCUT2D eigenvalue weighted by Crippen LogP contribution is 2.28. The maximum Gasteiger partial charge on any atom is 0.251 e. The molecule has 1 fully saturated rings. The summed E-state index contributed by atoms with van der Waals surface area (Å²) in [7, 11) is 0. The summed E-state index contributed by atoms with van der Waals surface area (Å²) in [6.45, 7) is 7.95. The quantitative estimate of drug-likeness (QED) is 0.940. The average Bonchev–Trinajstić information content (AvgIpc) is 2.92. The molecule has 22 heavy (non-hydrogen) atoms. The number of hydrogen-bond donors (Lipinski definition) is 1. The van der Waals surface area contributed by atoms with Crippen LogP contribution in [0.3, 0.4) is 0 Å². The van der Waals surface area contributed by atoms with Crippen LogP contribution in [-0.4, -0.2) is 34.6 Å². The normalized spacial score (nSPS) is 21.0. The van der Waals surface area contributed by atoms with E-state index in [2.05, 4.69) is 14.9 Å².